The number of rotatable bonds is 5. The molecule has 2 N–H and O–H groups in total. The van der Waals surface area contributed by atoms with Gasteiger partial charge in [-0.1, -0.05) is 36.4 Å². The fraction of sp³-hybridized carbons (Fsp3) is 0.375. The van der Waals surface area contributed by atoms with Crippen molar-refractivity contribution in [2.24, 2.45) is 0 Å². The van der Waals surface area contributed by atoms with Gasteiger partial charge < -0.3 is 9.84 Å². The van der Waals surface area contributed by atoms with E-state index in [9.17, 15) is 5.11 Å². The van der Waals surface area contributed by atoms with E-state index in [1.54, 1.807) is 6.92 Å². The number of ether oxygens (including phenoxy) is 1. The van der Waals surface area contributed by atoms with Crippen molar-refractivity contribution in [1.29, 1.82) is 0 Å². The van der Waals surface area contributed by atoms with Gasteiger partial charge in [0.15, 0.2) is 6.23 Å². The van der Waals surface area contributed by atoms with E-state index in [1.807, 2.05) is 44.2 Å². The standard InChI is InChI=1S/C16H21NO2/c1-11(2)17-16(12(3)18)19-15-10-6-8-13-7-4-5-9-14(13)15/h4-12,16-18H,1-3H3. The molecule has 0 heterocycles. The molecule has 19 heavy (non-hydrogen) atoms. The molecule has 0 spiro atoms. The van der Waals surface area contributed by atoms with Gasteiger partial charge in [-0.15, -0.1) is 0 Å². The van der Waals surface area contributed by atoms with Crippen LogP contribution in [0, 0.1) is 0 Å². The van der Waals surface area contributed by atoms with Gasteiger partial charge >= 0.3 is 0 Å². The lowest BCUT2D eigenvalue weighted by atomic mass is 10.1. The minimum atomic E-state index is -0.582. The predicted octanol–water partition coefficient (Wildman–Crippen LogP) is 2.92. The van der Waals surface area contributed by atoms with Crippen molar-refractivity contribution >= 4 is 10.8 Å². The smallest absolute Gasteiger partial charge is 0.176 e. The summed E-state index contributed by atoms with van der Waals surface area (Å²) in [6, 6.07) is 14.3. The van der Waals surface area contributed by atoms with E-state index in [0.717, 1.165) is 16.5 Å². The lowest BCUT2D eigenvalue weighted by Gasteiger charge is -2.25. The molecule has 3 heteroatoms. The second kappa shape index (κ2) is 6.04. The topological polar surface area (TPSA) is 41.5 Å². The highest BCUT2D eigenvalue weighted by Gasteiger charge is 2.18. The van der Waals surface area contributed by atoms with Gasteiger partial charge in [0.05, 0.1) is 0 Å². The van der Waals surface area contributed by atoms with Gasteiger partial charge in [-0.05, 0) is 32.2 Å². The highest BCUT2D eigenvalue weighted by molar-refractivity contribution is 5.88. The Kier molecular flexibility index (Phi) is 4.40. The van der Waals surface area contributed by atoms with Crippen molar-refractivity contribution in [3.63, 3.8) is 0 Å². The maximum atomic E-state index is 9.81. The fourth-order valence-corrected chi connectivity index (χ4v) is 2.04. The molecule has 2 rings (SSSR count). The number of hydrogen-bond donors (Lipinski definition) is 2. The average molecular weight is 259 g/mol. The van der Waals surface area contributed by atoms with Crippen LogP contribution in [0.4, 0.5) is 0 Å². The zero-order chi connectivity index (χ0) is 13.8. The average Bonchev–Trinajstić information content (AvgIpc) is 2.37. The first-order valence-electron chi connectivity index (χ1n) is 6.66. The van der Waals surface area contributed by atoms with E-state index in [2.05, 4.69) is 17.4 Å². The van der Waals surface area contributed by atoms with E-state index in [-0.39, 0.29) is 6.04 Å². The molecular weight excluding hydrogens is 238 g/mol. The van der Waals surface area contributed by atoms with Crippen LogP contribution >= 0.6 is 0 Å². The Morgan fingerprint density at radius 2 is 1.68 bits per heavy atom. The first-order chi connectivity index (χ1) is 9.08. The van der Waals surface area contributed by atoms with Crippen molar-refractivity contribution in [3.8, 4) is 5.75 Å². The number of aliphatic hydroxyl groups excluding tert-OH is 1. The number of hydrogen-bond acceptors (Lipinski definition) is 3. The lowest BCUT2D eigenvalue weighted by molar-refractivity contribution is 0.0228. The molecule has 2 aromatic rings. The van der Waals surface area contributed by atoms with Gasteiger partial charge in [-0.25, -0.2) is 0 Å². The number of benzene rings is 2. The largest absolute Gasteiger partial charge is 0.472 e. The maximum absolute atomic E-state index is 9.81. The van der Waals surface area contributed by atoms with E-state index >= 15 is 0 Å². The molecule has 0 aliphatic heterocycles. The SMILES string of the molecule is CC(C)NC(Oc1cccc2ccccc12)C(C)O. The Morgan fingerprint density at radius 1 is 1.00 bits per heavy atom. The second-order valence-corrected chi connectivity index (χ2v) is 5.08. The van der Waals surface area contributed by atoms with Crippen LogP contribution in [0.5, 0.6) is 5.75 Å². The zero-order valence-corrected chi connectivity index (χ0v) is 11.6. The van der Waals surface area contributed by atoms with Crippen LogP contribution in [0.15, 0.2) is 42.5 Å². The zero-order valence-electron chi connectivity index (χ0n) is 11.6. The van der Waals surface area contributed by atoms with E-state index < -0.39 is 12.3 Å². The first kappa shape index (κ1) is 13.8. The van der Waals surface area contributed by atoms with Gasteiger partial charge in [0.2, 0.25) is 0 Å². The summed E-state index contributed by atoms with van der Waals surface area (Å²) in [5, 5.41) is 15.2. The molecule has 0 amide bonds. The molecular formula is C16H21NO2. The monoisotopic (exact) mass is 259 g/mol. The summed E-state index contributed by atoms with van der Waals surface area (Å²) in [4.78, 5) is 0. The molecule has 0 aliphatic carbocycles. The van der Waals surface area contributed by atoms with Crippen molar-refractivity contribution in [1.82, 2.24) is 5.32 Å². The minimum Gasteiger partial charge on any atom is -0.472 e. The third-order valence-corrected chi connectivity index (χ3v) is 2.94. The third-order valence-electron chi connectivity index (χ3n) is 2.94. The van der Waals surface area contributed by atoms with Gasteiger partial charge in [0.1, 0.15) is 11.9 Å². The molecule has 2 atom stereocenters. The van der Waals surface area contributed by atoms with Crippen molar-refractivity contribution in [3.05, 3.63) is 42.5 Å². The molecule has 3 nitrogen and oxygen atoms in total. The summed E-state index contributed by atoms with van der Waals surface area (Å²) in [6.45, 7) is 5.79. The number of nitrogens with one attached hydrogen (secondary N) is 1. The highest BCUT2D eigenvalue weighted by atomic mass is 16.5. The van der Waals surface area contributed by atoms with Crippen LogP contribution in [0.3, 0.4) is 0 Å². The summed E-state index contributed by atoms with van der Waals surface area (Å²) < 4.78 is 5.94. The minimum absolute atomic E-state index is 0.245. The molecule has 0 bridgehead atoms. The number of aliphatic hydroxyl groups is 1. The fourth-order valence-electron chi connectivity index (χ4n) is 2.04. The van der Waals surface area contributed by atoms with Gasteiger partial charge in [-0.2, -0.15) is 0 Å². The second-order valence-electron chi connectivity index (χ2n) is 5.08. The van der Waals surface area contributed by atoms with Gasteiger partial charge in [0.25, 0.3) is 0 Å². The summed E-state index contributed by atoms with van der Waals surface area (Å²) in [6.07, 6.45) is -0.993. The molecule has 0 aromatic heterocycles. The van der Waals surface area contributed by atoms with E-state index in [1.165, 1.54) is 0 Å². The predicted molar refractivity (Wildman–Crippen MR) is 78.3 cm³/mol. The molecule has 102 valence electrons. The molecule has 0 aliphatic rings. The Labute approximate surface area is 114 Å². The molecule has 0 saturated heterocycles. The van der Waals surface area contributed by atoms with Crippen LogP contribution in [-0.2, 0) is 0 Å². The Hall–Kier alpha value is -1.58. The van der Waals surface area contributed by atoms with Crippen LogP contribution in [0.25, 0.3) is 10.8 Å². The molecule has 0 radical (unpaired) electrons. The lowest BCUT2D eigenvalue weighted by Crippen LogP contribution is -2.46. The molecule has 2 unspecified atom stereocenters. The quantitative estimate of drug-likeness (QED) is 0.811. The highest BCUT2D eigenvalue weighted by Crippen LogP contribution is 2.26. The molecule has 0 saturated carbocycles. The Balaban J connectivity index is 2.28. The summed E-state index contributed by atoms with van der Waals surface area (Å²) in [5.41, 5.74) is 0. The number of fused-ring (bicyclic) bond motifs is 1. The summed E-state index contributed by atoms with van der Waals surface area (Å²) in [7, 11) is 0. The van der Waals surface area contributed by atoms with Crippen LogP contribution < -0.4 is 10.1 Å². The molecule has 0 fully saturated rings. The van der Waals surface area contributed by atoms with Crippen molar-refractivity contribution in [2.45, 2.75) is 39.1 Å². The van der Waals surface area contributed by atoms with E-state index in [4.69, 9.17) is 4.74 Å². The van der Waals surface area contributed by atoms with Gasteiger partial charge in [0, 0.05) is 11.4 Å². The van der Waals surface area contributed by atoms with Crippen LogP contribution in [0.2, 0.25) is 0 Å². The van der Waals surface area contributed by atoms with Crippen molar-refractivity contribution < 1.29 is 9.84 Å². The maximum Gasteiger partial charge on any atom is 0.176 e. The Bertz CT molecular complexity index is 532. The van der Waals surface area contributed by atoms with Crippen LogP contribution in [-0.4, -0.2) is 23.5 Å². The first-order valence-corrected chi connectivity index (χ1v) is 6.66. The third kappa shape index (κ3) is 3.46. The van der Waals surface area contributed by atoms with Crippen molar-refractivity contribution in [2.75, 3.05) is 0 Å². The van der Waals surface area contributed by atoms with Gasteiger partial charge in [-0.3, -0.25) is 5.32 Å². The molecule has 2 aromatic carbocycles. The summed E-state index contributed by atoms with van der Waals surface area (Å²) >= 11 is 0. The summed E-state index contributed by atoms with van der Waals surface area (Å²) in [5.74, 6) is 0.789. The Morgan fingerprint density at radius 3 is 2.37 bits per heavy atom. The van der Waals surface area contributed by atoms with Crippen LogP contribution in [0.1, 0.15) is 20.8 Å². The van der Waals surface area contributed by atoms with E-state index in [0.29, 0.717) is 0 Å². The normalized spacial score (nSPS) is 14.6.